The number of carbonyl (C=O) groups is 1. The van der Waals surface area contributed by atoms with E-state index in [2.05, 4.69) is 5.32 Å². The van der Waals surface area contributed by atoms with Gasteiger partial charge in [-0.05, 0) is 55.9 Å². The lowest BCUT2D eigenvalue weighted by Gasteiger charge is -2.24. The highest BCUT2D eigenvalue weighted by Crippen LogP contribution is 2.36. The van der Waals surface area contributed by atoms with E-state index in [1.165, 1.54) is 24.3 Å². The van der Waals surface area contributed by atoms with Crippen LogP contribution in [-0.2, 0) is 0 Å². The molecule has 1 saturated heterocycles. The Balaban J connectivity index is 0.00000242. The van der Waals surface area contributed by atoms with E-state index in [4.69, 9.17) is 0 Å². The zero-order chi connectivity index (χ0) is 15.5. The smallest absolute Gasteiger partial charge is 0.334 e. The van der Waals surface area contributed by atoms with Crippen molar-refractivity contribution in [1.82, 2.24) is 10.2 Å². The average Bonchev–Trinajstić information content (AvgIpc) is 2.86. The Morgan fingerprint density at radius 1 is 1.36 bits per heavy atom. The van der Waals surface area contributed by atoms with E-state index in [0.717, 1.165) is 19.4 Å². The summed E-state index contributed by atoms with van der Waals surface area (Å²) in [6, 6.07) is 5.77. The van der Waals surface area contributed by atoms with Gasteiger partial charge in [0.05, 0.1) is 0 Å². The van der Waals surface area contributed by atoms with E-state index in [1.807, 2.05) is 7.05 Å². The van der Waals surface area contributed by atoms with Gasteiger partial charge in [-0.1, -0.05) is 0 Å². The van der Waals surface area contributed by atoms with Gasteiger partial charge in [0.1, 0.15) is 0 Å². The lowest BCUT2D eigenvalue weighted by Crippen LogP contribution is -2.40. The van der Waals surface area contributed by atoms with Crippen molar-refractivity contribution < 1.29 is 18.0 Å². The normalized spacial score (nSPS) is 18.2. The lowest BCUT2D eigenvalue weighted by atomic mass is 10.1. The Kier molecular flexibility index (Phi) is 7.02. The summed E-state index contributed by atoms with van der Waals surface area (Å²) in [4.78, 5) is 14.3. The summed E-state index contributed by atoms with van der Waals surface area (Å²) in [5.74, 6) is -0.115. The van der Waals surface area contributed by atoms with Crippen LogP contribution in [0.1, 0.15) is 23.2 Å². The van der Waals surface area contributed by atoms with Gasteiger partial charge in [-0.3, -0.25) is 4.79 Å². The molecular weight excluding hydrogens is 337 g/mol. The molecule has 8 heteroatoms. The van der Waals surface area contributed by atoms with Crippen molar-refractivity contribution in [2.45, 2.75) is 29.3 Å². The summed E-state index contributed by atoms with van der Waals surface area (Å²) in [6.07, 6.45) is 1.91. The third-order valence-electron chi connectivity index (χ3n) is 3.41. The van der Waals surface area contributed by atoms with Crippen LogP contribution in [0.15, 0.2) is 29.2 Å². The minimum absolute atomic E-state index is 0. The number of likely N-dealkylation sites (tertiary alicyclic amines) is 1. The maximum atomic E-state index is 12.4. The first kappa shape index (κ1) is 19.1. The second-order valence-electron chi connectivity index (χ2n) is 4.92. The summed E-state index contributed by atoms with van der Waals surface area (Å²) in [7, 11) is 1.84. The van der Waals surface area contributed by atoms with Gasteiger partial charge >= 0.3 is 5.51 Å². The number of alkyl halides is 3. The number of nitrogens with one attached hydrogen (secondary N) is 1. The molecule has 22 heavy (non-hydrogen) atoms. The number of carbonyl (C=O) groups excluding carboxylic acids is 1. The highest BCUT2D eigenvalue weighted by atomic mass is 35.5. The second kappa shape index (κ2) is 8.08. The molecule has 0 bridgehead atoms. The van der Waals surface area contributed by atoms with Crippen LogP contribution >= 0.6 is 24.2 Å². The van der Waals surface area contributed by atoms with Crippen LogP contribution in [0.5, 0.6) is 0 Å². The van der Waals surface area contributed by atoms with Gasteiger partial charge in [0.15, 0.2) is 0 Å². The molecule has 1 heterocycles. The number of rotatable bonds is 4. The van der Waals surface area contributed by atoms with Crippen LogP contribution in [0.25, 0.3) is 0 Å². The Labute approximate surface area is 138 Å². The van der Waals surface area contributed by atoms with Gasteiger partial charge in [-0.25, -0.2) is 0 Å². The summed E-state index contributed by atoms with van der Waals surface area (Å²) in [5, 5.41) is 3.06. The van der Waals surface area contributed by atoms with Crippen LogP contribution in [-0.4, -0.2) is 42.5 Å². The lowest BCUT2D eigenvalue weighted by molar-refractivity contribution is -0.0328. The molecule has 124 valence electrons. The van der Waals surface area contributed by atoms with Crippen molar-refractivity contribution in [3.05, 3.63) is 29.8 Å². The first-order valence-electron chi connectivity index (χ1n) is 6.72. The van der Waals surface area contributed by atoms with Gasteiger partial charge in [0.25, 0.3) is 5.91 Å². The van der Waals surface area contributed by atoms with Gasteiger partial charge in [-0.15, -0.1) is 12.4 Å². The molecule has 1 fully saturated rings. The Morgan fingerprint density at radius 3 is 2.55 bits per heavy atom. The predicted octanol–water partition coefficient (Wildman–Crippen LogP) is 3.54. The standard InChI is InChI=1S/C14H17F3N2OS.ClH/c1-18-9-11-3-2-8-19(11)13(20)10-4-6-12(7-5-10)21-14(15,16)17;/h4-7,11,18H,2-3,8-9H2,1H3;1H. The van der Waals surface area contributed by atoms with Crippen molar-refractivity contribution >= 4 is 30.1 Å². The molecule has 1 aromatic rings. The first-order valence-corrected chi connectivity index (χ1v) is 7.54. The van der Waals surface area contributed by atoms with Gasteiger partial charge in [0, 0.05) is 29.6 Å². The molecule has 1 atom stereocenters. The number of benzene rings is 1. The van der Waals surface area contributed by atoms with E-state index in [1.54, 1.807) is 4.90 Å². The third kappa shape index (κ3) is 5.07. The molecule has 1 aromatic carbocycles. The zero-order valence-electron chi connectivity index (χ0n) is 12.0. The fraction of sp³-hybridized carbons (Fsp3) is 0.500. The third-order valence-corrected chi connectivity index (χ3v) is 4.15. The Hall–Kier alpha value is -0.920. The number of likely N-dealkylation sites (N-methyl/N-ethyl adjacent to an activating group) is 1. The van der Waals surface area contributed by atoms with E-state index in [9.17, 15) is 18.0 Å². The summed E-state index contributed by atoms with van der Waals surface area (Å²) in [5.41, 5.74) is -3.87. The molecule has 3 nitrogen and oxygen atoms in total. The molecule has 0 spiro atoms. The van der Waals surface area contributed by atoms with E-state index < -0.39 is 5.51 Å². The first-order chi connectivity index (χ1) is 9.90. The van der Waals surface area contributed by atoms with E-state index in [-0.39, 0.29) is 41.0 Å². The molecular formula is C14H18ClF3N2OS. The van der Waals surface area contributed by atoms with Crippen molar-refractivity contribution in [3.63, 3.8) is 0 Å². The summed E-state index contributed by atoms with van der Waals surface area (Å²) in [6.45, 7) is 1.43. The number of thioether (sulfide) groups is 1. The summed E-state index contributed by atoms with van der Waals surface area (Å²) < 4.78 is 36.8. The van der Waals surface area contributed by atoms with Crippen LogP contribution in [0.4, 0.5) is 13.2 Å². The number of hydrogen-bond acceptors (Lipinski definition) is 3. The molecule has 1 amide bonds. The van der Waals surface area contributed by atoms with Gasteiger partial charge in [0.2, 0.25) is 0 Å². The van der Waals surface area contributed by atoms with Crippen molar-refractivity contribution in [1.29, 1.82) is 0 Å². The molecule has 1 N–H and O–H groups in total. The van der Waals surface area contributed by atoms with Gasteiger partial charge < -0.3 is 10.2 Å². The second-order valence-corrected chi connectivity index (χ2v) is 6.06. The quantitative estimate of drug-likeness (QED) is 0.839. The van der Waals surface area contributed by atoms with Crippen molar-refractivity contribution in [2.75, 3.05) is 20.1 Å². The monoisotopic (exact) mass is 354 g/mol. The maximum Gasteiger partial charge on any atom is 0.446 e. The molecule has 0 aliphatic carbocycles. The average molecular weight is 355 g/mol. The molecule has 1 aliphatic rings. The molecule has 1 unspecified atom stereocenters. The minimum Gasteiger partial charge on any atom is -0.334 e. The largest absolute Gasteiger partial charge is 0.446 e. The SMILES string of the molecule is CNCC1CCCN1C(=O)c1ccc(SC(F)(F)F)cc1.Cl. The highest BCUT2D eigenvalue weighted by molar-refractivity contribution is 8.00. The molecule has 0 aromatic heterocycles. The Bertz CT molecular complexity index is 496. The van der Waals surface area contributed by atoms with E-state index in [0.29, 0.717) is 12.1 Å². The summed E-state index contributed by atoms with van der Waals surface area (Å²) >= 11 is -0.173. The van der Waals surface area contributed by atoms with Crippen molar-refractivity contribution in [2.24, 2.45) is 0 Å². The molecule has 0 saturated carbocycles. The van der Waals surface area contributed by atoms with Gasteiger partial charge in [-0.2, -0.15) is 13.2 Å². The van der Waals surface area contributed by atoms with E-state index >= 15 is 0 Å². The fourth-order valence-electron chi connectivity index (χ4n) is 2.52. The Morgan fingerprint density at radius 2 is 2.00 bits per heavy atom. The number of nitrogens with zero attached hydrogens (tertiary/aromatic N) is 1. The van der Waals surface area contributed by atoms with Crippen LogP contribution in [0.3, 0.4) is 0 Å². The minimum atomic E-state index is -4.31. The maximum absolute atomic E-state index is 12.4. The molecule has 0 radical (unpaired) electrons. The topological polar surface area (TPSA) is 32.3 Å². The van der Waals surface area contributed by atoms with Crippen LogP contribution < -0.4 is 5.32 Å². The highest BCUT2D eigenvalue weighted by Gasteiger charge is 2.30. The molecule has 1 aliphatic heterocycles. The molecule has 2 rings (SSSR count). The van der Waals surface area contributed by atoms with Crippen molar-refractivity contribution in [3.8, 4) is 0 Å². The predicted molar refractivity (Wildman–Crippen MR) is 83.6 cm³/mol. The van der Waals surface area contributed by atoms with Crippen LogP contribution in [0, 0.1) is 0 Å². The zero-order valence-corrected chi connectivity index (χ0v) is 13.7. The van der Waals surface area contributed by atoms with Crippen LogP contribution in [0.2, 0.25) is 0 Å². The number of hydrogen-bond donors (Lipinski definition) is 1. The number of halogens is 4. The fourth-order valence-corrected chi connectivity index (χ4v) is 3.06. The number of amides is 1.